The first-order valence-corrected chi connectivity index (χ1v) is 4.17. The van der Waals surface area contributed by atoms with Crippen LogP contribution in [0.25, 0.3) is 0 Å². The summed E-state index contributed by atoms with van der Waals surface area (Å²) in [6.45, 7) is 3.84. The van der Waals surface area contributed by atoms with E-state index in [1.54, 1.807) is 25.2 Å². The Balaban J connectivity index is 3.09. The molecule has 0 bridgehead atoms. The van der Waals surface area contributed by atoms with Gasteiger partial charge in [0, 0.05) is 26.0 Å². The first kappa shape index (κ1) is 9.71. The smallest absolute Gasteiger partial charge is 0.255 e. The van der Waals surface area contributed by atoms with Gasteiger partial charge in [-0.15, -0.1) is 0 Å². The summed E-state index contributed by atoms with van der Waals surface area (Å²) in [5.74, 6) is 0.00463. The Kier molecular flexibility index (Phi) is 2.66. The normalized spacial score (nSPS) is 9.85. The molecule has 0 aromatic carbocycles. The quantitative estimate of drug-likeness (QED) is 0.651. The molecule has 0 fully saturated rings. The van der Waals surface area contributed by atoms with E-state index in [0.29, 0.717) is 5.56 Å². The van der Waals surface area contributed by atoms with Gasteiger partial charge in [0.25, 0.3) is 5.91 Å². The van der Waals surface area contributed by atoms with Gasteiger partial charge >= 0.3 is 0 Å². The van der Waals surface area contributed by atoms with Gasteiger partial charge in [-0.05, 0) is 25.5 Å². The molecule has 70 valence electrons. The Bertz CT molecular complexity index is 332. The van der Waals surface area contributed by atoms with Crippen molar-refractivity contribution in [3.05, 3.63) is 29.1 Å². The lowest BCUT2D eigenvalue weighted by molar-refractivity contribution is 0.0826. The summed E-state index contributed by atoms with van der Waals surface area (Å²) in [6.07, 6.45) is 1.63. The average Bonchev–Trinajstić information content (AvgIpc) is 2.03. The third-order valence-corrected chi connectivity index (χ3v) is 1.88. The van der Waals surface area contributed by atoms with Crippen LogP contribution in [0.2, 0.25) is 0 Å². The van der Waals surface area contributed by atoms with Crippen molar-refractivity contribution in [1.29, 1.82) is 0 Å². The Morgan fingerprint density at radius 2 is 2.00 bits per heavy atom. The molecule has 0 N–H and O–H groups in total. The van der Waals surface area contributed by atoms with Crippen LogP contribution in [0, 0.1) is 13.8 Å². The molecule has 1 rings (SSSR count). The number of carbonyl (C=O) groups excluding carboxylic acids is 1. The second-order valence-electron chi connectivity index (χ2n) is 3.34. The summed E-state index contributed by atoms with van der Waals surface area (Å²) < 4.78 is 0. The van der Waals surface area contributed by atoms with Crippen molar-refractivity contribution in [1.82, 2.24) is 9.88 Å². The number of rotatable bonds is 1. The van der Waals surface area contributed by atoms with Crippen molar-refractivity contribution in [2.45, 2.75) is 13.8 Å². The largest absolute Gasteiger partial charge is 0.345 e. The summed E-state index contributed by atoms with van der Waals surface area (Å²) in [4.78, 5) is 17.2. The monoisotopic (exact) mass is 178 g/mol. The first-order chi connectivity index (χ1) is 6.02. The zero-order chi connectivity index (χ0) is 10.0. The first-order valence-electron chi connectivity index (χ1n) is 4.17. The molecule has 1 aromatic heterocycles. The van der Waals surface area contributed by atoms with Gasteiger partial charge in [-0.25, -0.2) is 0 Å². The maximum Gasteiger partial charge on any atom is 0.255 e. The number of hydrogen-bond acceptors (Lipinski definition) is 2. The maximum absolute atomic E-state index is 11.6. The zero-order valence-electron chi connectivity index (χ0n) is 8.46. The van der Waals surface area contributed by atoms with Crippen molar-refractivity contribution in [2.24, 2.45) is 0 Å². The van der Waals surface area contributed by atoms with Gasteiger partial charge in [0.05, 0.1) is 5.56 Å². The molecule has 1 aromatic rings. The molecule has 0 radical (unpaired) electrons. The number of nitrogens with zero attached hydrogens (tertiary/aromatic N) is 2. The van der Waals surface area contributed by atoms with Crippen LogP contribution < -0.4 is 0 Å². The second kappa shape index (κ2) is 3.56. The highest BCUT2D eigenvalue weighted by Gasteiger charge is 2.10. The molecule has 0 atom stereocenters. The SMILES string of the molecule is Cc1cc(C)c(C(=O)N(C)C)cn1. The van der Waals surface area contributed by atoms with E-state index in [1.807, 2.05) is 19.9 Å². The van der Waals surface area contributed by atoms with Crippen LogP contribution >= 0.6 is 0 Å². The number of carbonyl (C=O) groups is 1. The Labute approximate surface area is 78.4 Å². The van der Waals surface area contributed by atoms with Crippen LogP contribution in [0.5, 0.6) is 0 Å². The predicted molar refractivity (Wildman–Crippen MR) is 51.7 cm³/mol. The lowest BCUT2D eigenvalue weighted by Crippen LogP contribution is -2.22. The van der Waals surface area contributed by atoms with Crippen LogP contribution in [0.1, 0.15) is 21.6 Å². The molecule has 0 aliphatic heterocycles. The Morgan fingerprint density at radius 3 is 2.46 bits per heavy atom. The molecular formula is C10H14N2O. The van der Waals surface area contributed by atoms with E-state index in [4.69, 9.17) is 0 Å². The van der Waals surface area contributed by atoms with E-state index in [-0.39, 0.29) is 5.91 Å². The van der Waals surface area contributed by atoms with Crippen molar-refractivity contribution in [2.75, 3.05) is 14.1 Å². The molecule has 3 heteroatoms. The van der Waals surface area contributed by atoms with E-state index >= 15 is 0 Å². The lowest BCUT2D eigenvalue weighted by Gasteiger charge is -2.11. The minimum absolute atomic E-state index is 0.00463. The van der Waals surface area contributed by atoms with Gasteiger partial charge in [-0.3, -0.25) is 9.78 Å². The molecule has 0 aliphatic rings. The van der Waals surface area contributed by atoms with Crippen LogP contribution in [-0.2, 0) is 0 Å². The predicted octanol–water partition coefficient (Wildman–Crippen LogP) is 1.40. The van der Waals surface area contributed by atoms with Crippen LogP contribution in [0.4, 0.5) is 0 Å². The maximum atomic E-state index is 11.6. The third kappa shape index (κ3) is 2.05. The summed E-state index contributed by atoms with van der Waals surface area (Å²) >= 11 is 0. The molecule has 1 heterocycles. The van der Waals surface area contributed by atoms with Gasteiger partial charge in [-0.1, -0.05) is 0 Å². The molecular weight excluding hydrogens is 164 g/mol. The van der Waals surface area contributed by atoms with E-state index in [0.717, 1.165) is 11.3 Å². The van der Waals surface area contributed by atoms with Crippen molar-refractivity contribution < 1.29 is 4.79 Å². The van der Waals surface area contributed by atoms with Crippen LogP contribution in [0.15, 0.2) is 12.3 Å². The molecule has 3 nitrogen and oxygen atoms in total. The Hall–Kier alpha value is -1.38. The fourth-order valence-corrected chi connectivity index (χ4v) is 1.16. The van der Waals surface area contributed by atoms with E-state index in [2.05, 4.69) is 4.98 Å². The van der Waals surface area contributed by atoms with Crippen molar-refractivity contribution in [3.8, 4) is 0 Å². The van der Waals surface area contributed by atoms with Crippen molar-refractivity contribution in [3.63, 3.8) is 0 Å². The van der Waals surface area contributed by atoms with Gasteiger partial charge in [-0.2, -0.15) is 0 Å². The summed E-state index contributed by atoms with van der Waals surface area (Å²) in [5.41, 5.74) is 2.59. The number of pyridine rings is 1. The molecule has 0 unspecified atom stereocenters. The minimum atomic E-state index is 0.00463. The molecule has 0 saturated heterocycles. The standard InChI is InChI=1S/C10H14N2O/c1-7-5-8(2)11-6-9(7)10(13)12(3)4/h5-6H,1-4H3. The van der Waals surface area contributed by atoms with Crippen LogP contribution in [-0.4, -0.2) is 29.9 Å². The van der Waals surface area contributed by atoms with Crippen molar-refractivity contribution >= 4 is 5.91 Å². The Morgan fingerprint density at radius 1 is 1.38 bits per heavy atom. The topological polar surface area (TPSA) is 33.2 Å². The summed E-state index contributed by atoms with van der Waals surface area (Å²) in [6, 6.07) is 1.91. The molecule has 13 heavy (non-hydrogen) atoms. The lowest BCUT2D eigenvalue weighted by atomic mass is 10.1. The highest BCUT2D eigenvalue weighted by Crippen LogP contribution is 2.09. The van der Waals surface area contributed by atoms with Gasteiger partial charge in [0.15, 0.2) is 0 Å². The minimum Gasteiger partial charge on any atom is -0.345 e. The highest BCUT2D eigenvalue weighted by atomic mass is 16.2. The van der Waals surface area contributed by atoms with Gasteiger partial charge in [0.2, 0.25) is 0 Å². The molecule has 0 spiro atoms. The summed E-state index contributed by atoms with van der Waals surface area (Å²) in [7, 11) is 3.48. The summed E-state index contributed by atoms with van der Waals surface area (Å²) in [5, 5.41) is 0. The van der Waals surface area contributed by atoms with E-state index in [9.17, 15) is 4.79 Å². The van der Waals surface area contributed by atoms with E-state index in [1.165, 1.54) is 0 Å². The molecule has 0 aliphatic carbocycles. The molecule has 1 amide bonds. The number of hydrogen-bond donors (Lipinski definition) is 0. The molecule has 0 saturated carbocycles. The van der Waals surface area contributed by atoms with Gasteiger partial charge < -0.3 is 4.90 Å². The number of aryl methyl sites for hydroxylation is 2. The fourth-order valence-electron chi connectivity index (χ4n) is 1.16. The number of aromatic nitrogens is 1. The zero-order valence-corrected chi connectivity index (χ0v) is 8.46. The van der Waals surface area contributed by atoms with E-state index < -0.39 is 0 Å². The second-order valence-corrected chi connectivity index (χ2v) is 3.34. The average molecular weight is 178 g/mol. The highest BCUT2D eigenvalue weighted by molar-refractivity contribution is 5.94. The number of amides is 1. The van der Waals surface area contributed by atoms with Gasteiger partial charge in [0.1, 0.15) is 0 Å². The van der Waals surface area contributed by atoms with Crippen LogP contribution in [0.3, 0.4) is 0 Å². The third-order valence-electron chi connectivity index (χ3n) is 1.88. The fraction of sp³-hybridized carbons (Fsp3) is 0.400.